The van der Waals surface area contributed by atoms with E-state index in [2.05, 4.69) is 19.9 Å². The first-order valence-corrected chi connectivity index (χ1v) is 7.27. The number of aromatic nitrogens is 4. The van der Waals surface area contributed by atoms with Crippen LogP contribution in [0.25, 0.3) is 0 Å². The summed E-state index contributed by atoms with van der Waals surface area (Å²) in [5, 5.41) is 7.54. The zero-order valence-corrected chi connectivity index (χ0v) is 12.0. The number of sulfonamides is 1. The number of hydrogen-bond acceptors (Lipinski definition) is 5. The Morgan fingerprint density at radius 3 is 2.74 bits per heavy atom. The molecule has 7 nitrogen and oxygen atoms in total. The molecule has 102 valence electrons. The van der Waals surface area contributed by atoms with Crippen LogP contribution >= 0.6 is 23.2 Å². The molecule has 2 heterocycles. The summed E-state index contributed by atoms with van der Waals surface area (Å²) in [6, 6.07) is 1.23. The van der Waals surface area contributed by atoms with E-state index < -0.39 is 10.0 Å². The monoisotopic (exact) mass is 321 g/mol. The van der Waals surface area contributed by atoms with E-state index in [0.717, 1.165) is 6.20 Å². The molecule has 0 spiro atoms. The lowest BCUT2D eigenvalue weighted by Crippen LogP contribution is -2.24. The maximum atomic E-state index is 12.0. The molecule has 0 unspecified atom stereocenters. The molecule has 0 bridgehead atoms. The highest BCUT2D eigenvalue weighted by Crippen LogP contribution is 2.22. The molecule has 0 aromatic carbocycles. The van der Waals surface area contributed by atoms with E-state index in [4.69, 9.17) is 23.2 Å². The zero-order chi connectivity index (χ0) is 14.0. The van der Waals surface area contributed by atoms with Gasteiger partial charge in [-0.3, -0.25) is 0 Å². The van der Waals surface area contributed by atoms with Crippen LogP contribution in [-0.4, -0.2) is 28.2 Å². The molecule has 1 N–H and O–H groups in total. The van der Waals surface area contributed by atoms with Crippen LogP contribution in [0.3, 0.4) is 0 Å². The van der Waals surface area contributed by atoms with Crippen molar-refractivity contribution in [3.8, 4) is 0 Å². The number of pyridine rings is 1. The van der Waals surface area contributed by atoms with Gasteiger partial charge in [-0.1, -0.05) is 23.2 Å². The third-order valence-electron chi connectivity index (χ3n) is 2.31. The molecule has 0 saturated carbocycles. The second-order valence-corrected chi connectivity index (χ2v) is 6.16. The summed E-state index contributed by atoms with van der Waals surface area (Å²) in [7, 11) is -2.02. The Morgan fingerprint density at radius 2 is 2.16 bits per heavy atom. The van der Waals surface area contributed by atoms with Crippen LogP contribution in [0.5, 0.6) is 0 Å². The van der Waals surface area contributed by atoms with E-state index in [1.54, 1.807) is 11.6 Å². The Hall–Kier alpha value is -1.22. The second-order valence-electron chi connectivity index (χ2n) is 3.63. The van der Waals surface area contributed by atoms with Crippen molar-refractivity contribution in [1.29, 1.82) is 0 Å². The summed E-state index contributed by atoms with van der Waals surface area (Å²) < 4.78 is 28.0. The number of nitrogens with one attached hydrogen (secondary N) is 1. The molecular weight excluding hydrogens is 313 g/mol. The first-order valence-electron chi connectivity index (χ1n) is 5.04. The normalized spacial score (nSPS) is 11.7. The van der Waals surface area contributed by atoms with Gasteiger partial charge in [-0.25, -0.2) is 18.1 Å². The van der Waals surface area contributed by atoms with E-state index in [0.29, 0.717) is 5.82 Å². The van der Waals surface area contributed by atoms with Gasteiger partial charge in [0.05, 0.1) is 11.6 Å². The molecule has 0 amide bonds. The lowest BCUT2D eigenvalue weighted by Gasteiger charge is -2.06. The van der Waals surface area contributed by atoms with Crippen LogP contribution in [0.2, 0.25) is 10.2 Å². The summed E-state index contributed by atoms with van der Waals surface area (Å²) in [5.41, 5.74) is 0. The highest BCUT2D eigenvalue weighted by molar-refractivity contribution is 7.89. The average Bonchev–Trinajstić information content (AvgIpc) is 2.76. The van der Waals surface area contributed by atoms with Gasteiger partial charge in [0.25, 0.3) is 0 Å². The van der Waals surface area contributed by atoms with E-state index in [1.807, 2.05) is 0 Å². The van der Waals surface area contributed by atoms with Gasteiger partial charge < -0.3 is 4.57 Å². The number of rotatable bonds is 4. The number of nitrogens with zero attached hydrogens (tertiary/aromatic N) is 4. The maximum Gasteiger partial charge on any atom is 0.242 e. The van der Waals surface area contributed by atoms with E-state index in [-0.39, 0.29) is 21.6 Å². The third kappa shape index (κ3) is 3.21. The highest BCUT2D eigenvalue weighted by Gasteiger charge is 2.17. The quantitative estimate of drug-likeness (QED) is 0.848. The lowest BCUT2D eigenvalue weighted by atomic mass is 10.5. The van der Waals surface area contributed by atoms with Crippen LogP contribution in [0.1, 0.15) is 5.82 Å². The Balaban J connectivity index is 2.18. The molecule has 0 radical (unpaired) electrons. The van der Waals surface area contributed by atoms with Crippen LogP contribution < -0.4 is 4.72 Å². The lowest BCUT2D eigenvalue weighted by molar-refractivity contribution is 0.577. The first-order chi connectivity index (χ1) is 8.90. The topological polar surface area (TPSA) is 89.8 Å². The van der Waals surface area contributed by atoms with Crippen LogP contribution in [0.4, 0.5) is 0 Å². The van der Waals surface area contributed by atoms with Crippen molar-refractivity contribution in [3.63, 3.8) is 0 Å². The molecule has 10 heteroatoms. The molecule has 0 aliphatic carbocycles. The Kier molecular flexibility index (Phi) is 4.04. The van der Waals surface area contributed by atoms with Gasteiger partial charge in [-0.15, -0.1) is 10.2 Å². The summed E-state index contributed by atoms with van der Waals surface area (Å²) in [4.78, 5) is 3.62. The minimum absolute atomic E-state index is 0.0130. The molecule has 2 aromatic heterocycles. The Morgan fingerprint density at radius 1 is 1.42 bits per heavy atom. The SMILES string of the molecule is Cn1cnnc1CNS(=O)(=O)c1cnc(Cl)c(Cl)c1. The molecule has 2 rings (SSSR count). The standard InChI is InChI=1S/C9H9Cl2N5O2S/c1-16-5-13-15-8(16)4-14-19(17,18)6-2-7(10)9(11)12-3-6/h2-3,5,14H,4H2,1H3. The molecule has 19 heavy (non-hydrogen) atoms. The predicted octanol–water partition coefficient (Wildman–Crippen LogP) is 0.995. The summed E-state index contributed by atoms with van der Waals surface area (Å²) in [6.45, 7) is 0.0130. The van der Waals surface area contributed by atoms with Gasteiger partial charge >= 0.3 is 0 Å². The van der Waals surface area contributed by atoms with Crippen LogP contribution in [0, 0.1) is 0 Å². The summed E-state index contributed by atoms with van der Waals surface area (Å²) in [6.07, 6.45) is 2.61. The molecule has 0 fully saturated rings. The number of aryl methyl sites for hydroxylation is 1. The fourth-order valence-electron chi connectivity index (χ4n) is 1.26. The van der Waals surface area contributed by atoms with Gasteiger partial charge in [0.1, 0.15) is 22.2 Å². The zero-order valence-electron chi connectivity index (χ0n) is 9.71. The molecular formula is C9H9Cl2N5O2S. The second kappa shape index (κ2) is 5.41. The van der Waals surface area contributed by atoms with Crippen molar-refractivity contribution in [2.75, 3.05) is 0 Å². The van der Waals surface area contributed by atoms with Gasteiger partial charge in [0.2, 0.25) is 10.0 Å². The molecule has 2 aromatic rings. The maximum absolute atomic E-state index is 12.0. The number of halogens is 2. The van der Waals surface area contributed by atoms with Crippen molar-refractivity contribution in [1.82, 2.24) is 24.5 Å². The molecule has 0 atom stereocenters. The predicted molar refractivity (Wildman–Crippen MR) is 69.3 cm³/mol. The van der Waals surface area contributed by atoms with E-state index in [1.165, 1.54) is 12.4 Å². The highest BCUT2D eigenvalue weighted by atomic mass is 35.5. The van der Waals surface area contributed by atoms with Crippen molar-refractivity contribution >= 4 is 33.2 Å². The van der Waals surface area contributed by atoms with Gasteiger partial charge in [0, 0.05) is 13.2 Å². The van der Waals surface area contributed by atoms with Gasteiger partial charge in [0.15, 0.2) is 0 Å². The fourth-order valence-corrected chi connectivity index (χ4v) is 2.55. The average molecular weight is 322 g/mol. The Bertz CT molecular complexity index is 700. The summed E-state index contributed by atoms with van der Waals surface area (Å²) in [5.74, 6) is 0.483. The minimum Gasteiger partial charge on any atom is -0.320 e. The molecule has 0 saturated heterocycles. The van der Waals surface area contributed by atoms with Crippen molar-refractivity contribution in [3.05, 3.63) is 34.6 Å². The first kappa shape index (κ1) is 14.2. The minimum atomic E-state index is -3.73. The fraction of sp³-hybridized carbons (Fsp3) is 0.222. The van der Waals surface area contributed by atoms with Crippen LogP contribution in [-0.2, 0) is 23.6 Å². The molecule has 0 aliphatic heterocycles. The van der Waals surface area contributed by atoms with Crippen molar-refractivity contribution in [2.45, 2.75) is 11.4 Å². The van der Waals surface area contributed by atoms with Crippen LogP contribution in [0.15, 0.2) is 23.5 Å². The largest absolute Gasteiger partial charge is 0.320 e. The smallest absolute Gasteiger partial charge is 0.242 e. The molecule has 0 aliphatic rings. The summed E-state index contributed by atoms with van der Waals surface area (Å²) >= 11 is 11.4. The van der Waals surface area contributed by atoms with E-state index in [9.17, 15) is 8.42 Å². The van der Waals surface area contributed by atoms with E-state index >= 15 is 0 Å². The van der Waals surface area contributed by atoms with Crippen molar-refractivity contribution < 1.29 is 8.42 Å². The van der Waals surface area contributed by atoms with Crippen molar-refractivity contribution in [2.24, 2.45) is 7.05 Å². The van der Waals surface area contributed by atoms with Gasteiger partial charge in [-0.2, -0.15) is 0 Å². The Labute approximate surface area is 119 Å². The third-order valence-corrected chi connectivity index (χ3v) is 4.36. The van der Waals surface area contributed by atoms with Gasteiger partial charge in [-0.05, 0) is 6.07 Å². The number of hydrogen-bond donors (Lipinski definition) is 1.